The lowest BCUT2D eigenvalue weighted by atomic mass is 10.1. The number of benzene rings is 1. The molecule has 0 aliphatic carbocycles. The second-order valence-corrected chi connectivity index (χ2v) is 3.43. The summed E-state index contributed by atoms with van der Waals surface area (Å²) >= 11 is 11.5. The Kier molecular flexibility index (Phi) is 3.01. The summed E-state index contributed by atoms with van der Waals surface area (Å²) in [7, 11) is 0. The fourth-order valence-electron chi connectivity index (χ4n) is 0.940. The topological polar surface area (TPSA) is 69.1 Å². The van der Waals surface area contributed by atoms with Gasteiger partial charge < -0.3 is 11.5 Å². The van der Waals surface area contributed by atoms with Crippen LogP contribution < -0.4 is 11.5 Å². The SMILES string of the molecule is NC(=O)Cc1cc(Cl)c(N)c(Cl)c1. The van der Waals surface area contributed by atoms with Gasteiger partial charge in [0.1, 0.15) is 0 Å². The maximum atomic E-state index is 10.6. The minimum atomic E-state index is -0.433. The van der Waals surface area contributed by atoms with Crippen LogP contribution >= 0.6 is 23.2 Å². The van der Waals surface area contributed by atoms with Gasteiger partial charge in [-0.3, -0.25) is 4.79 Å². The number of anilines is 1. The van der Waals surface area contributed by atoms with E-state index in [1.54, 1.807) is 12.1 Å². The van der Waals surface area contributed by atoms with E-state index in [4.69, 9.17) is 34.7 Å². The van der Waals surface area contributed by atoms with E-state index in [0.717, 1.165) is 0 Å². The van der Waals surface area contributed by atoms with E-state index in [2.05, 4.69) is 0 Å². The molecule has 3 nitrogen and oxygen atoms in total. The zero-order chi connectivity index (χ0) is 10.0. The van der Waals surface area contributed by atoms with Gasteiger partial charge >= 0.3 is 0 Å². The lowest BCUT2D eigenvalue weighted by Crippen LogP contribution is -2.13. The molecule has 0 spiro atoms. The van der Waals surface area contributed by atoms with Crippen molar-refractivity contribution in [2.75, 3.05) is 5.73 Å². The van der Waals surface area contributed by atoms with Crippen molar-refractivity contribution < 1.29 is 4.79 Å². The Hall–Kier alpha value is -0.930. The molecule has 0 saturated carbocycles. The predicted octanol–water partition coefficient (Wildman–Crippen LogP) is 1.60. The van der Waals surface area contributed by atoms with Gasteiger partial charge in [0.15, 0.2) is 0 Å². The number of nitrogens with two attached hydrogens (primary N) is 2. The van der Waals surface area contributed by atoms with E-state index in [1.807, 2.05) is 0 Å². The molecule has 13 heavy (non-hydrogen) atoms. The minimum Gasteiger partial charge on any atom is -0.396 e. The van der Waals surface area contributed by atoms with Crippen LogP contribution in [0.3, 0.4) is 0 Å². The van der Waals surface area contributed by atoms with Crippen LogP contribution in [0.15, 0.2) is 12.1 Å². The molecular formula is C8H8Cl2N2O. The van der Waals surface area contributed by atoms with Gasteiger partial charge in [0, 0.05) is 0 Å². The Bertz CT molecular complexity index is 329. The third-order valence-electron chi connectivity index (χ3n) is 1.52. The van der Waals surface area contributed by atoms with Crippen molar-refractivity contribution in [3.63, 3.8) is 0 Å². The molecular weight excluding hydrogens is 211 g/mol. The molecule has 0 heterocycles. The second-order valence-electron chi connectivity index (χ2n) is 2.62. The Morgan fingerprint density at radius 2 is 1.77 bits per heavy atom. The standard InChI is InChI=1S/C8H8Cl2N2O/c9-5-1-4(3-7(11)13)2-6(10)8(5)12/h1-2H,3,12H2,(H2,11,13). The molecule has 1 rings (SSSR count). The van der Waals surface area contributed by atoms with E-state index in [1.165, 1.54) is 0 Å². The summed E-state index contributed by atoms with van der Waals surface area (Å²) in [4.78, 5) is 10.6. The van der Waals surface area contributed by atoms with E-state index in [9.17, 15) is 4.79 Å². The number of hydrogen-bond acceptors (Lipinski definition) is 2. The number of hydrogen-bond donors (Lipinski definition) is 2. The second kappa shape index (κ2) is 3.85. The largest absolute Gasteiger partial charge is 0.396 e. The van der Waals surface area contributed by atoms with Crippen molar-refractivity contribution in [2.45, 2.75) is 6.42 Å². The first-order valence-electron chi connectivity index (χ1n) is 3.52. The van der Waals surface area contributed by atoms with Crippen molar-refractivity contribution in [2.24, 2.45) is 5.73 Å². The van der Waals surface area contributed by atoms with E-state index >= 15 is 0 Å². The first-order valence-corrected chi connectivity index (χ1v) is 4.28. The molecule has 70 valence electrons. The number of carbonyl (C=O) groups is 1. The maximum absolute atomic E-state index is 10.6. The van der Waals surface area contributed by atoms with E-state index < -0.39 is 5.91 Å². The number of halogens is 2. The molecule has 0 aliphatic heterocycles. The Morgan fingerprint density at radius 1 is 1.31 bits per heavy atom. The normalized spacial score (nSPS) is 10.0. The zero-order valence-corrected chi connectivity index (χ0v) is 8.19. The molecule has 0 saturated heterocycles. The van der Waals surface area contributed by atoms with Crippen LogP contribution in [0.1, 0.15) is 5.56 Å². The Morgan fingerprint density at radius 3 is 2.15 bits per heavy atom. The van der Waals surface area contributed by atoms with Crippen molar-refractivity contribution >= 4 is 34.8 Å². The molecule has 5 heteroatoms. The maximum Gasteiger partial charge on any atom is 0.221 e. The van der Waals surface area contributed by atoms with Crippen LogP contribution in [0.2, 0.25) is 10.0 Å². The highest BCUT2D eigenvalue weighted by molar-refractivity contribution is 6.38. The van der Waals surface area contributed by atoms with Crippen LogP contribution in [0, 0.1) is 0 Å². The molecule has 0 unspecified atom stereocenters. The fraction of sp³-hybridized carbons (Fsp3) is 0.125. The summed E-state index contributed by atoms with van der Waals surface area (Å²) in [5.74, 6) is -0.433. The number of rotatable bonds is 2. The number of primary amides is 1. The average molecular weight is 219 g/mol. The van der Waals surface area contributed by atoms with Gasteiger partial charge in [-0.25, -0.2) is 0 Å². The number of nitrogen functional groups attached to an aromatic ring is 1. The van der Waals surface area contributed by atoms with Crippen molar-refractivity contribution in [3.05, 3.63) is 27.7 Å². The fourth-order valence-corrected chi connectivity index (χ4v) is 1.47. The highest BCUT2D eigenvalue weighted by atomic mass is 35.5. The van der Waals surface area contributed by atoms with Gasteiger partial charge in [0.2, 0.25) is 5.91 Å². The minimum absolute atomic E-state index is 0.111. The smallest absolute Gasteiger partial charge is 0.221 e. The van der Waals surface area contributed by atoms with Crippen molar-refractivity contribution in [3.8, 4) is 0 Å². The summed E-state index contributed by atoms with van der Waals surface area (Å²) in [5, 5.41) is 0.674. The molecule has 0 fully saturated rings. The molecule has 4 N–H and O–H groups in total. The molecule has 0 aliphatic rings. The molecule has 0 aromatic heterocycles. The van der Waals surface area contributed by atoms with Gasteiger partial charge in [-0.15, -0.1) is 0 Å². The molecule has 0 bridgehead atoms. The highest BCUT2D eigenvalue weighted by Gasteiger charge is 2.06. The third kappa shape index (κ3) is 2.50. The predicted molar refractivity (Wildman–Crippen MR) is 53.8 cm³/mol. The quantitative estimate of drug-likeness (QED) is 0.741. The van der Waals surface area contributed by atoms with Gasteiger partial charge in [0.25, 0.3) is 0 Å². The van der Waals surface area contributed by atoms with Crippen molar-refractivity contribution in [1.29, 1.82) is 0 Å². The van der Waals surface area contributed by atoms with Crippen LogP contribution in [0.5, 0.6) is 0 Å². The Labute approximate surface area is 85.6 Å². The average Bonchev–Trinajstić information content (AvgIpc) is 1.98. The highest BCUT2D eigenvalue weighted by Crippen LogP contribution is 2.28. The first-order chi connectivity index (χ1) is 6.00. The van der Waals surface area contributed by atoms with Gasteiger partial charge in [-0.05, 0) is 17.7 Å². The first kappa shape index (κ1) is 10.2. The van der Waals surface area contributed by atoms with Crippen LogP contribution in [-0.2, 0) is 11.2 Å². The summed E-state index contributed by atoms with van der Waals surface area (Å²) in [6.07, 6.45) is 0.111. The van der Waals surface area contributed by atoms with Crippen LogP contribution in [0.25, 0.3) is 0 Å². The Balaban J connectivity index is 3.06. The number of carbonyl (C=O) groups excluding carboxylic acids is 1. The summed E-state index contributed by atoms with van der Waals surface area (Å²) < 4.78 is 0. The van der Waals surface area contributed by atoms with E-state index in [0.29, 0.717) is 21.3 Å². The molecule has 1 amide bonds. The zero-order valence-electron chi connectivity index (χ0n) is 6.68. The van der Waals surface area contributed by atoms with E-state index in [-0.39, 0.29) is 6.42 Å². The molecule has 1 aromatic carbocycles. The number of amides is 1. The summed E-state index contributed by atoms with van der Waals surface area (Å²) in [6.45, 7) is 0. The monoisotopic (exact) mass is 218 g/mol. The van der Waals surface area contributed by atoms with Crippen molar-refractivity contribution in [1.82, 2.24) is 0 Å². The van der Waals surface area contributed by atoms with Gasteiger partial charge in [-0.1, -0.05) is 23.2 Å². The van der Waals surface area contributed by atoms with Crippen LogP contribution in [-0.4, -0.2) is 5.91 Å². The molecule has 0 radical (unpaired) electrons. The molecule has 1 aromatic rings. The molecule has 0 atom stereocenters. The lowest BCUT2D eigenvalue weighted by Gasteiger charge is -2.04. The van der Waals surface area contributed by atoms with Crippen LogP contribution in [0.4, 0.5) is 5.69 Å². The van der Waals surface area contributed by atoms with Gasteiger partial charge in [-0.2, -0.15) is 0 Å². The summed E-state index contributed by atoms with van der Waals surface area (Å²) in [5.41, 5.74) is 11.5. The lowest BCUT2D eigenvalue weighted by molar-refractivity contribution is -0.117. The van der Waals surface area contributed by atoms with Gasteiger partial charge in [0.05, 0.1) is 22.2 Å². The summed E-state index contributed by atoms with van der Waals surface area (Å²) in [6, 6.07) is 3.15. The third-order valence-corrected chi connectivity index (χ3v) is 2.14.